The minimum atomic E-state index is -0.504. The van der Waals surface area contributed by atoms with Gasteiger partial charge in [0.2, 0.25) is 0 Å². The summed E-state index contributed by atoms with van der Waals surface area (Å²) in [6.07, 6.45) is 1.78. The second-order valence-electron chi connectivity index (χ2n) is 4.35. The molecule has 0 heterocycles. The lowest BCUT2D eigenvalue weighted by Crippen LogP contribution is -2.10. The first-order chi connectivity index (χ1) is 8.65. The van der Waals surface area contributed by atoms with Gasteiger partial charge in [-0.05, 0) is 30.0 Å². The largest absolute Gasteiger partial charge is 0.469 e. The van der Waals surface area contributed by atoms with E-state index in [0.29, 0.717) is 5.56 Å². The third-order valence-electron chi connectivity index (χ3n) is 3.30. The smallest absolute Gasteiger partial charge is 0.313 e. The highest BCUT2D eigenvalue weighted by Gasteiger charge is 2.23. The van der Waals surface area contributed by atoms with Crippen LogP contribution >= 0.6 is 0 Å². The molecule has 0 amide bonds. The summed E-state index contributed by atoms with van der Waals surface area (Å²) in [7, 11) is 2.97. The number of benzene rings is 1. The maximum absolute atomic E-state index is 11.8. The number of carbonyl (C=O) groups is 2. The summed E-state index contributed by atoms with van der Waals surface area (Å²) in [6.45, 7) is 0. The number of esters is 1. The van der Waals surface area contributed by atoms with Gasteiger partial charge in [-0.25, -0.2) is 0 Å². The lowest BCUT2D eigenvalue weighted by atomic mass is 10.0. The van der Waals surface area contributed by atoms with Crippen LogP contribution in [0.5, 0.6) is 0 Å². The van der Waals surface area contributed by atoms with Gasteiger partial charge in [-0.3, -0.25) is 9.59 Å². The van der Waals surface area contributed by atoms with Crippen LogP contribution in [0.4, 0.5) is 0 Å². The van der Waals surface area contributed by atoms with Crippen LogP contribution in [-0.2, 0) is 20.7 Å². The highest BCUT2D eigenvalue weighted by atomic mass is 16.5. The van der Waals surface area contributed by atoms with Gasteiger partial charge in [0.25, 0.3) is 0 Å². The molecule has 1 aromatic rings. The third-order valence-corrected chi connectivity index (χ3v) is 3.30. The number of methoxy groups -OCH3 is 2. The van der Waals surface area contributed by atoms with Gasteiger partial charge in [0.15, 0.2) is 5.78 Å². The lowest BCUT2D eigenvalue weighted by Gasteiger charge is -2.09. The SMILES string of the molecule is COC(=O)CC(=O)c1ccc2c(c1)CCC2OC. The molecular weight excluding hydrogens is 232 g/mol. The van der Waals surface area contributed by atoms with E-state index in [4.69, 9.17) is 4.74 Å². The second-order valence-corrected chi connectivity index (χ2v) is 4.35. The molecule has 2 rings (SSSR count). The molecule has 1 aliphatic carbocycles. The zero-order chi connectivity index (χ0) is 13.1. The summed E-state index contributed by atoms with van der Waals surface area (Å²) in [5.41, 5.74) is 2.85. The van der Waals surface area contributed by atoms with Crippen molar-refractivity contribution >= 4 is 11.8 Å². The first kappa shape index (κ1) is 12.8. The molecule has 0 saturated carbocycles. The van der Waals surface area contributed by atoms with Crippen LogP contribution in [-0.4, -0.2) is 26.0 Å². The van der Waals surface area contributed by atoms with E-state index in [1.54, 1.807) is 13.2 Å². The molecule has 1 aromatic carbocycles. The molecule has 0 bridgehead atoms. The number of hydrogen-bond donors (Lipinski definition) is 0. The van der Waals surface area contributed by atoms with E-state index < -0.39 is 5.97 Å². The summed E-state index contributed by atoms with van der Waals surface area (Å²) in [5.74, 6) is -0.708. The molecular formula is C14H16O4. The van der Waals surface area contributed by atoms with Gasteiger partial charge in [0.05, 0.1) is 13.2 Å². The van der Waals surface area contributed by atoms with Gasteiger partial charge in [0, 0.05) is 12.7 Å². The Labute approximate surface area is 106 Å². The minimum Gasteiger partial charge on any atom is -0.469 e. The topological polar surface area (TPSA) is 52.6 Å². The van der Waals surface area contributed by atoms with E-state index in [-0.39, 0.29) is 18.3 Å². The molecule has 0 radical (unpaired) electrons. The number of hydrogen-bond acceptors (Lipinski definition) is 4. The van der Waals surface area contributed by atoms with Gasteiger partial charge in [0.1, 0.15) is 6.42 Å². The molecule has 0 fully saturated rings. The van der Waals surface area contributed by atoms with E-state index in [0.717, 1.165) is 24.0 Å². The van der Waals surface area contributed by atoms with E-state index in [1.165, 1.54) is 7.11 Å². The van der Waals surface area contributed by atoms with Crippen molar-refractivity contribution in [1.82, 2.24) is 0 Å². The van der Waals surface area contributed by atoms with Crippen LogP contribution in [0.15, 0.2) is 18.2 Å². The lowest BCUT2D eigenvalue weighted by molar-refractivity contribution is -0.139. The fraction of sp³-hybridized carbons (Fsp3) is 0.429. The molecule has 0 spiro atoms. The zero-order valence-corrected chi connectivity index (χ0v) is 10.6. The maximum Gasteiger partial charge on any atom is 0.313 e. The van der Waals surface area contributed by atoms with Crippen molar-refractivity contribution in [2.24, 2.45) is 0 Å². The molecule has 1 aliphatic rings. The van der Waals surface area contributed by atoms with Crippen molar-refractivity contribution in [3.8, 4) is 0 Å². The predicted molar refractivity (Wildman–Crippen MR) is 65.5 cm³/mol. The van der Waals surface area contributed by atoms with Crippen molar-refractivity contribution in [3.05, 3.63) is 34.9 Å². The van der Waals surface area contributed by atoms with Crippen LogP contribution in [0.25, 0.3) is 0 Å². The van der Waals surface area contributed by atoms with Crippen LogP contribution < -0.4 is 0 Å². The highest BCUT2D eigenvalue weighted by molar-refractivity contribution is 6.06. The number of ketones is 1. The van der Waals surface area contributed by atoms with Crippen LogP contribution in [0.3, 0.4) is 0 Å². The average Bonchev–Trinajstić information content (AvgIpc) is 2.80. The van der Waals surface area contributed by atoms with Crippen molar-refractivity contribution < 1.29 is 19.1 Å². The van der Waals surface area contributed by atoms with Crippen LogP contribution in [0, 0.1) is 0 Å². The average molecular weight is 248 g/mol. The first-order valence-electron chi connectivity index (χ1n) is 5.91. The van der Waals surface area contributed by atoms with Crippen molar-refractivity contribution in [2.45, 2.75) is 25.4 Å². The summed E-state index contributed by atoms with van der Waals surface area (Å²) < 4.78 is 9.85. The van der Waals surface area contributed by atoms with Crippen LogP contribution in [0.2, 0.25) is 0 Å². The quantitative estimate of drug-likeness (QED) is 0.465. The Balaban J connectivity index is 2.17. The van der Waals surface area contributed by atoms with E-state index in [1.807, 2.05) is 12.1 Å². The summed E-state index contributed by atoms with van der Waals surface area (Å²) in [6, 6.07) is 5.53. The molecule has 1 unspecified atom stereocenters. The number of ether oxygens (including phenoxy) is 2. The maximum atomic E-state index is 11.8. The van der Waals surface area contributed by atoms with Crippen LogP contribution in [0.1, 0.15) is 40.4 Å². The molecule has 4 nitrogen and oxygen atoms in total. The van der Waals surface area contributed by atoms with Gasteiger partial charge in [-0.1, -0.05) is 12.1 Å². The van der Waals surface area contributed by atoms with Crippen molar-refractivity contribution in [1.29, 1.82) is 0 Å². The zero-order valence-electron chi connectivity index (χ0n) is 10.6. The van der Waals surface area contributed by atoms with Gasteiger partial charge < -0.3 is 9.47 Å². The number of fused-ring (bicyclic) bond motifs is 1. The Morgan fingerprint density at radius 3 is 2.78 bits per heavy atom. The van der Waals surface area contributed by atoms with Crippen molar-refractivity contribution in [2.75, 3.05) is 14.2 Å². The molecule has 0 aliphatic heterocycles. The molecule has 0 aromatic heterocycles. The summed E-state index contributed by atoms with van der Waals surface area (Å²) >= 11 is 0. The van der Waals surface area contributed by atoms with E-state index in [2.05, 4.69) is 4.74 Å². The standard InChI is InChI=1S/C14H16O4/c1-17-13-6-4-9-7-10(3-5-11(9)13)12(15)8-14(16)18-2/h3,5,7,13H,4,6,8H2,1-2H3. The minimum absolute atomic E-state index is 0.129. The Hall–Kier alpha value is -1.68. The number of carbonyl (C=O) groups excluding carboxylic acids is 2. The van der Waals surface area contributed by atoms with Crippen molar-refractivity contribution in [3.63, 3.8) is 0 Å². The summed E-state index contributed by atoms with van der Waals surface area (Å²) in [5, 5.41) is 0. The number of aryl methyl sites for hydroxylation is 1. The van der Waals surface area contributed by atoms with Gasteiger partial charge in [-0.15, -0.1) is 0 Å². The van der Waals surface area contributed by atoms with E-state index >= 15 is 0 Å². The second kappa shape index (κ2) is 5.31. The third kappa shape index (κ3) is 2.43. The fourth-order valence-corrected chi connectivity index (χ4v) is 2.30. The highest BCUT2D eigenvalue weighted by Crippen LogP contribution is 2.34. The van der Waals surface area contributed by atoms with Gasteiger partial charge >= 0.3 is 5.97 Å². The number of rotatable bonds is 4. The number of Topliss-reactive ketones (excluding diaryl/α,β-unsaturated/α-hetero) is 1. The van der Waals surface area contributed by atoms with E-state index in [9.17, 15) is 9.59 Å². The Kier molecular flexibility index (Phi) is 3.77. The van der Waals surface area contributed by atoms with Gasteiger partial charge in [-0.2, -0.15) is 0 Å². The monoisotopic (exact) mass is 248 g/mol. The first-order valence-corrected chi connectivity index (χ1v) is 5.91. The molecule has 18 heavy (non-hydrogen) atoms. The fourth-order valence-electron chi connectivity index (χ4n) is 2.30. The molecule has 4 heteroatoms. The Bertz CT molecular complexity index is 479. The molecule has 0 saturated heterocycles. The molecule has 96 valence electrons. The summed E-state index contributed by atoms with van der Waals surface area (Å²) in [4.78, 5) is 22.9. The molecule has 0 N–H and O–H groups in total. The predicted octanol–water partition coefficient (Wildman–Crippen LogP) is 2.07. The molecule has 1 atom stereocenters. The Morgan fingerprint density at radius 1 is 1.33 bits per heavy atom. The Morgan fingerprint density at radius 2 is 2.11 bits per heavy atom. The normalized spacial score (nSPS) is 17.3.